The van der Waals surface area contributed by atoms with Crippen LogP contribution in [0.2, 0.25) is 5.02 Å². The smallest absolute Gasteiger partial charge is 0.321 e. The van der Waals surface area contributed by atoms with E-state index in [1.165, 1.54) is 17.7 Å². The normalized spacial score (nSPS) is 24.4. The summed E-state index contributed by atoms with van der Waals surface area (Å²) in [5, 5.41) is 26.8. The zero-order valence-corrected chi connectivity index (χ0v) is 29.0. The Labute approximate surface area is 289 Å². The van der Waals surface area contributed by atoms with E-state index >= 15 is 0 Å². The molecular weight excluding hydrogens is 627 g/mol. The number of benzene rings is 3. The largest absolute Gasteiger partial charge is 0.393 e. The van der Waals surface area contributed by atoms with Crippen molar-refractivity contribution in [3.63, 3.8) is 0 Å². The number of nitrogens with zero attached hydrogens (tertiary/aromatic N) is 1. The van der Waals surface area contributed by atoms with Crippen LogP contribution >= 0.6 is 11.6 Å². The molecule has 256 valence electrons. The Kier molecular flexibility index (Phi) is 11.4. The quantitative estimate of drug-likeness (QED) is 0.164. The summed E-state index contributed by atoms with van der Waals surface area (Å²) in [6, 6.07) is 19.2. The molecule has 3 aromatic carbocycles. The van der Waals surface area contributed by atoms with Gasteiger partial charge in [-0.15, -0.1) is 0 Å². The highest BCUT2D eigenvalue weighted by Gasteiger charge is 2.57. The van der Waals surface area contributed by atoms with Gasteiger partial charge in [0.05, 0.1) is 18.2 Å². The summed E-state index contributed by atoms with van der Waals surface area (Å²) in [5.41, 5.74) is 2.17. The number of rotatable bonds is 8. The van der Waals surface area contributed by atoms with Crippen LogP contribution < -0.4 is 5.32 Å². The molecule has 3 aliphatic rings. The molecule has 1 saturated carbocycles. The van der Waals surface area contributed by atoms with Crippen LogP contribution in [0.15, 0.2) is 78.4 Å². The van der Waals surface area contributed by atoms with Gasteiger partial charge in [-0.2, -0.15) is 0 Å². The number of aliphatic hydroxyl groups excluding tert-OH is 1. The highest BCUT2D eigenvalue weighted by atomic mass is 35.5. The molecule has 0 aromatic heterocycles. The molecule has 6 nitrogen and oxygen atoms in total. The minimum Gasteiger partial charge on any atom is -0.393 e. The summed E-state index contributed by atoms with van der Waals surface area (Å²) in [5.74, 6) is -1.00. The van der Waals surface area contributed by atoms with Crippen LogP contribution in [0.3, 0.4) is 0 Å². The zero-order valence-electron chi connectivity index (χ0n) is 28.3. The summed E-state index contributed by atoms with van der Waals surface area (Å²) in [6.45, 7) is 6.81. The summed E-state index contributed by atoms with van der Waals surface area (Å²) >= 11 is 6.35. The molecule has 6 rings (SSSR count). The lowest BCUT2D eigenvalue weighted by atomic mass is 9.64. The van der Waals surface area contributed by atoms with Crippen molar-refractivity contribution in [2.24, 2.45) is 5.41 Å². The van der Waals surface area contributed by atoms with Crippen LogP contribution in [-0.4, -0.2) is 51.7 Å². The Bertz CT molecular complexity index is 1630. The first-order valence-electron chi connectivity index (χ1n) is 17.2. The van der Waals surface area contributed by atoms with Gasteiger partial charge in [0.25, 0.3) is 0 Å². The van der Waals surface area contributed by atoms with Gasteiger partial charge in [-0.3, -0.25) is 4.79 Å². The van der Waals surface area contributed by atoms with E-state index in [0.29, 0.717) is 56.3 Å². The highest BCUT2D eigenvalue weighted by molar-refractivity contribution is 6.31. The van der Waals surface area contributed by atoms with Gasteiger partial charge in [-0.1, -0.05) is 73.5 Å². The fourth-order valence-corrected chi connectivity index (χ4v) is 7.99. The van der Waals surface area contributed by atoms with Crippen molar-refractivity contribution in [3.05, 3.63) is 111 Å². The number of fused-ring (bicyclic) bond motifs is 8. The Morgan fingerprint density at radius 2 is 1.83 bits per heavy atom. The van der Waals surface area contributed by atoms with E-state index in [2.05, 4.69) is 25.2 Å². The number of carbonyl (C=O) groups is 2. The minimum atomic E-state index is -1.25. The number of nitrogens with one attached hydrogen (secondary N) is 1. The van der Waals surface area contributed by atoms with Crippen molar-refractivity contribution >= 4 is 29.1 Å². The maximum absolute atomic E-state index is 14.9. The minimum absolute atomic E-state index is 0.146. The number of carbonyl (C=O) groups excluding carboxylic acids is 2. The molecule has 0 spiro atoms. The number of Topliss-reactive ketones (excluding diaryl/α,β-unsaturated/α-hetero) is 1. The van der Waals surface area contributed by atoms with Crippen LogP contribution in [-0.2, 0) is 12.8 Å². The number of hydrogen-bond donors (Lipinski definition) is 3. The molecule has 2 amide bonds. The second kappa shape index (κ2) is 15.4. The molecule has 2 bridgehead atoms. The predicted molar refractivity (Wildman–Crippen MR) is 190 cm³/mol. The van der Waals surface area contributed by atoms with Gasteiger partial charge in [0.2, 0.25) is 0 Å². The lowest BCUT2D eigenvalue weighted by Crippen LogP contribution is -2.54. The average molecular weight is 675 g/mol. The maximum Gasteiger partial charge on any atom is 0.321 e. The Balaban J connectivity index is 1.55. The predicted octanol–water partition coefficient (Wildman–Crippen LogP) is 8.89. The molecular formula is C40H48ClFN2O4. The van der Waals surface area contributed by atoms with Gasteiger partial charge >= 0.3 is 6.03 Å². The van der Waals surface area contributed by atoms with Crippen molar-refractivity contribution in [2.45, 2.75) is 96.2 Å². The summed E-state index contributed by atoms with van der Waals surface area (Å²) in [6.07, 6.45) is 6.25. The SMILES string of the molecule is CCCN(C[C@]1(O)CC[C@H]2c3ccc(cc3C(=O)Cc3c(F)cccc3Cl)C[C@@H](O)CCC(C)=CCC[C@@]21C)C(=O)Nc1ccccc1. The third-order valence-corrected chi connectivity index (χ3v) is 11.0. The number of anilines is 1. The van der Waals surface area contributed by atoms with E-state index in [1.54, 1.807) is 11.0 Å². The van der Waals surface area contributed by atoms with Crippen LogP contribution in [0.4, 0.5) is 14.9 Å². The number of halogens is 2. The third kappa shape index (κ3) is 7.85. The highest BCUT2D eigenvalue weighted by Crippen LogP contribution is 2.59. The van der Waals surface area contributed by atoms with Crippen molar-refractivity contribution in [1.82, 2.24) is 4.90 Å². The van der Waals surface area contributed by atoms with Gasteiger partial charge in [-0.05, 0) is 106 Å². The number of aliphatic hydroxyl groups is 2. The maximum atomic E-state index is 14.9. The zero-order chi connectivity index (χ0) is 34.5. The van der Waals surface area contributed by atoms with Crippen LogP contribution in [0, 0.1) is 11.2 Å². The fourth-order valence-electron chi connectivity index (χ4n) is 7.76. The molecule has 1 fully saturated rings. The van der Waals surface area contributed by atoms with Gasteiger partial charge in [0.15, 0.2) is 5.78 Å². The first kappa shape index (κ1) is 35.8. The molecule has 0 unspecified atom stereocenters. The number of para-hydroxylation sites is 1. The third-order valence-electron chi connectivity index (χ3n) is 10.6. The summed E-state index contributed by atoms with van der Waals surface area (Å²) in [4.78, 5) is 29.5. The molecule has 3 aromatic rings. The second-order valence-electron chi connectivity index (χ2n) is 14.0. The first-order valence-corrected chi connectivity index (χ1v) is 17.6. The Morgan fingerprint density at radius 3 is 2.56 bits per heavy atom. The van der Waals surface area contributed by atoms with E-state index in [1.807, 2.05) is 55.5 Å². The molecule has 3 N–H and O–H groups in total. The average Bonchev–Trinajstić information content (AvgIpc) is 3.30. The lowest BCUT2D eigenvalue weighted by molar-refractivity contribution is -0.0763. The molecule has 4 atom stereocenters. The van der Waals surface area contributed by atoms with E-state index in [0.717, 1.165) is 24.0 Å². The molecule has 8 heteroatoms. The first-order chi connectivity index (χ1) is 22.9. The fraction of sp³-hybridized carbons (Fsp3) is 0.450. The summed E-state index contributed by atoms with van der Waals surface area (Å²) < 4.78 is 14.9. The van der Waals surface area contributed by atoms with Crippen LogP contribution in [0.5, 0.6) is 0 Å². The molecule has 3 aliphatic carbocycles. The van der Waals surface area contributed by atoms with E-state index < -0.39 is 22.9 Å². The van der Waals surface area contributed by atoms with Gasteiger partial charge in [0, 0.05) is 40.2 Å². The van der Waals surface area contributed by atoms with Crippen LogP contribution in [0.1, 0.15) is 98.7 Å². The monoisotopic (exact) mass is 674 g/mol. The van der Waals surface area contributed by atoms with Crippen LogP contribution in [0.25, 0.3) is 0 Å². The van der Waals surface area contributed by atoms with Gasteiger partial charge in [-0.25, -0.2) is 9.18 Å². The van der Waals surface area contributed by atoms with Gasteiger partial charge < -0.3 is 20.4 Å². The van der Waals surface area contributed by atoms with Crippen molar-refractivity contribution in [1.29, 1.82) is 0 Å². The second-order valence-corrected chi connectivity index (χ2v) is 14.4. The Hall–Kier alpha value is -3.52. The van der Waals surface area contributed by atoms with E-state index in [-0.39, 0.29) is 41.3 Å². The number of allylic oxidation sites excluding steroid dienone is 2. The van der Waals surface area contributed by atoms with Crippen molar-refractivity contribution in [2.75, 3.05) is 18.4 Å². The van der Waals surface area contributed by atoms with Gasteiger partial charge in [0.1, 0.15) is 5.82 Å². The molecule has 0 heterocycles. The Morgan fingerprint density at radius 1 is 1.06 bits per heavy atom. The summed E-state index contributed by atoms with van der Waals surface area (Å²) in [7, 11) is 0. The number of hydrogen-bond acceptors (Lipinski definition) is 4. The topological polar surface area (TPSA) is 89.9 Å². The van der Waals surface area contributed by atoms with E-state index in [9.17, 15) is 24.2 Å². The number of amides is 2. The van der Waals surface area contributed by atoms with Crippen molar-refractivity contribution in [3.8, 4) is 0 Å². The number of ketones is 1. The molecule has 0 radical (unpaired) electrons. The molecule has 0 aliphatic heterocycles. The molecule has 48 heavy (non-hydrogen) atoms. The number of urea groups is 1. The standard InChI is InChI=1S/C40H48ClFN2O4/c1-4-22-44(38(47)43-29-11-6-5-7-12-29)26-40(48)21-19-34-31-18-16-28(23-30(45)17-15-27(2)10-9-20-39(34,40)3)24-32(31)37(46)25-33-35(41)13-8-14-36(33)42/h5-8,10-14,16,18,24,30,34,45,48H,4,9,15,17,19-23,25-26H2,1-3H3,(H,43,47)/t30-,34-,39-,40+/m0/s1. The molecule has 0 saturated heterocycles. The van der Waals surface area contributed by atoms with E-state index in [4.69, 9.17) is 11.6 Å². The lowest BCUT2D eigenvalue weighted by Gasteiger charge is -2.46. The van der Waals surface area contributed by atoms with Crippen molar-refractivity contribution < 1.29 is 24.2 Å².